The van der Waals surface area contributed by atoms with Gasteiger partial charge in [-0.05, 0) is 0 Å². The molecule has 7 heteroatoms. The first-order valence-corrected chi connectivity index (χ1v) is 6.56. The first-order valence-electron chi connectivity index (χ1n) is 6.56. The molecule has 0 fully saturated rings. The molecule has 0 aliphatic carbocycles. The summed E-state index contributed by atoms with van der Waals surface area (Å²) >= 11 is 0. The van der Waals surface area contributed by atoms with Gasteiger partial charge in [0.05, 0.1) is 0 Å². The maximum Gasteiger partial charge on any atom is 0.327 e. The quantitative estimate of drug-likeness (QED) is 0.662. The first kappa shape index (κ1) is 17.3. The topological polar surface area (TPSA) is 9.23 Å². The van der Waals surface area contributed by atoms with Gasteiger partial charge in [0.1, 0.15) is 0 Å². The Bertz CT molecular complexity index is 561. The average Bonchev–Trinajstić information content (AvgIpc) is 2.56. The molecule has 23 heavy (non-hydrogen) atoms. The van der Waals surface area contributed by atoms with Crippen molar-refractivity contribution in [2.75, 3.05) is 0 Å². The summed E-state index contributed by atoms with van der Waals surface area (Å²) in [6.07, 6.45) is -7.12. The molecule has 1 nitrogen and oxygen atoms in total. The highest BCUT2D eigenvalue weighted by atomic mass is 19.3. The van der Waals surface area contributed by atoms with Crippen LogP contribution in [-0.2, 0) is 16.6 Å². The highest BCUT2D eigenvalue weighted by Gasteiger charge is 2.50. The van der Waals surface area contributed by atoms with Gasteiger partial charge in [-0.3, -0.25) is 0 Å². The van der Waals surface area contributed by atoms with Gasteiger partial charge in [-0.25, -0.2) is 8.78 Å². The van der Waals surface area contributed by atoms with Crippen molar-refractivity contribution >= 4 is 0 Å². The summed E-state index contributed by atoms with van der Waals surface area (Å²) in [5.74, 6) is -8.53. The van der Waals surface area contributed by atoms with Crippen LogP contribution in [0.1, 0.15) is 11.1 Å². The maximum atomic E-state index is 13.8. The summed E-state index contributed by atoms with van der Waals surface area (Å²) in [6, 6.07) is 11.2. The molecule has 124 valence electrons. The van der Waals surface area contributed by atoms with E-state index in [0.29, 0.717) is 0 Å². The second-order valence-corrected chi connectivity index (χ2v) is 4.75. The van der Waals surface area contributed by atoms with Crippen LogP contribution in [0.15, 0.2) is 60.7 Å². The largest absolute Gasteiger partial charge is 0.327 e. The van der Waals surface area contributed by atoms with Crippen LogP contribution in [0.25, 0.3) is 0 Å². The summed E-state index contributed by atoms with van der Waals surface area (Å²) in [6.45, 7) is 0. The number of hydrogen-bond donors (Lipinski definition) is 0. The lowest BCUT2D eigenvalue weighted by Gasteiger charge is -2.26. The van der Waals surface area contributed by atoms with Crippen LogP contribution in [0.5, 0.6) is 0 Å². The fourth-order valence-electron chi connectivity index (χ4n) is 1.86. The van der Waals surface area contributed by atoms with Gasteiger partial charge in [0.2, 0.25) is 0 Å². The lowest BCUT2D eigenvalue weighted by molar-refractivity contribution is -0.295. The molecule has 0 unspecified atom stereocenters. The minimum Gasteiger partial charge on any atom is -0.303 e. The van der Waals surface area contributed by atoms with Gasteiger partial charge in [0, 0.05) is 11.1 Å². The molecule has 2 rings (SSSR count). The minimum absolute atomic E-state index is 0.803. The van der Waals surface area contributed by atoms with Crippen molar-refractivity contribution in [3.05, 3.63) is 71.8 Å². The highest BCUT2D eigenvalue weighted by molar-refractivity contribution is 5.22. The molecule has 0 bridgehead atoms. The average molecular weight is 334 g/mol. The van der Waals surface area contributed by atoms with Gasteiger partial charge >= 0.3 is 11.8 Å². The van der Waals surface area contributed by atoms with Crippen LogP contribution < -0.4 is 0 Å². The fraction of sp³-hybridized carbons (Fsp3) is 0.250. The number of hydrogen-bond acceptors (Lipinski definition) is 1. The molecule has 2 atom stereocenters. The molecule has 0 aliphatic heterocycles. The standard InChI is InChI=1S/C16H12F6O/c17-13(15(19,20)11-7-3-1-4-8-11)23-14(18)16(21,22)12-9-5-2-6-10-12/h1-10,13-14H/t13-,14-/m1/s1. The van der Waals surface area contributed by atoms with E-state index in [-0.39, 0.29) is 0 Å². The second kappa shape index (κ2) is 6.62. The van der Waals surface area contributed by atoms with E-state index in [4.69, 9.17) is 0 Å². The summed E-state index contributed by atoms with van der Waals surface area (Å²) < 4.78 is 86.0. The van der Waals surface area contributed by atoms with E-state index in [1.54, 1.807) is 0 Å². The molecule has 0 aromatic heterocycles. The van der Waals surface area contributed by atoms with E-state index in [1.807, 2.05) is 0 Å². The summed E-state index contributed by atoms with van der Waals surface area (Å²) in [5, 5.41) is 0. The number of rotatable bonds is 6. The summed E-state index contributed by atoms with van der Waals surface area (Å²) in [5.41, 5.74) is -1.61. The molecule has 0 aliphatic rings. The number of benzene rings is 2. The minimum atomic E-state index is -4.27. The van der Waals surface area contributed by atoms with Crippen LogP contribution in [0.4, 0.5) is 26.3 Å². The molecule has 0 saturated heterocycles. The van der Waals surface area contributed by atoms with Gasteiger partial charge in [-0.2, -0.15) is 17.6 Å². The third-order valence-corrected chi connectivity index (χ3v) is 3.13. The summed E-state index contributed by atoms with van der Waals surface area (Å²) in [4.78, 5) is 0. The lowest BCUT2D eigenvalue weighted by atomic mass is 10.1. The van der Waals surface area contributed by atoms with E-state index in [1.165, 1.54) is 36.4 Å². The fourth-order valence-corrected chi connectivity index (χ4v) is 1.86. The summed E-state index contributed by atoms with van der Waals surface area (Å²) in [7, 11) is 0. The predicted octanol–water partition coefficient (Wildman–Crippen LogP) is 5.18. The molecule has 2 aromatic rings. The van der Waals surface area contributed by atoms with Gasteiger partial charge in [0.25, 0.3) is 12.7 Å². The monoisotopic (exact) mass is 334 g/mol. The zero-order valence-electron chi connectivity index (χ0n) is 11.6. The Morgan fingerprint density at radius 1 is 0.609 bits per heavy atom. The SMILES string of the molecule is F[C@H](O[C@@H](F)C(F)(F)c1ccccc1)C(F)(F)c1ccccc1. The third-order valence-electron chi connectivity index (χ3n) is 3.13. The maximum absolute atomic E-state index is 13.8. The molecule has 0 N–H and O–H groups in total. The van der Waals surface area contributed by atoms with Crippen LogP contribution in [-0.4, -0.2) is 12.7 Å². The smallest absolute Gasteiger partial charge is 0.303 e. The third kappa shape index (κ3) is 3.67. The normalized spacial score (nSPS) is 15.2. The van der Waals surface area contributed by atoms with E-state index in [2.05, 4.69) is 4.74 Å². The zero-order valence-corrected chi connectivity index (χ0v) is 11.6. The van der Waals surface area contributed by atoms with Crippen molar-refractivity contribution in [2.45, 2.75) is 24.6 Å². The lowest BCUT2D eigenvalue weighted by Crippen LogP contribution is -2.38. The Morgan fingerprint density at radius 3 is 1.22 bits per heavy atom. The van der Waals surface area contributed by atoms with Gasteiger partial charge in [0.15, 0.2) is 0 Å². The van der Waals surface area contributed by atoms with Crippen molar-refractivity contribution in [1.29, 1.82) is 0 Å². The highest BCUT2D eigenvalue weighted by Crippen LogP contribution is 2.39. The Morgan fingerprint density at radius 2 is 0.913 bits per heavy atom. The van der Waals surface area contributed by atoms with Crippen molar-refractivity contribution in [2.24, 2.45) is 0 Å². The van der Waals surface area contributed by atoms with Crippen molar-refractivity contribution < 1.29 is 31.1 Å². The molecule has 0 heterocycles. The molecular formula is C16H12F6O. The van der Waals surface area contributed by atoms with Gasteiger partial charge in [-0.1, -0.05) is 60.7 Å². The molecular weight excluding hydrogens is 322 g/mol. The number of ether oxygens (including phenoxy) is 1. The molecule has 2 aromatic carbocycles. The zero-order chi connectivity index (χ0) is 17.1. The Hall–Kier alpha value is -2.02. The van der Waals surface area contributed by atoms with Gasteiger partial charge < -0.3 is 4.74 Å². The van der Waals surface area contributed by atoms with Crippen LogP contribution in [0.2, 0.25) is 0 Å². The van der Waals surface area contributed by atoms with Gasteiger partial charge in [-0.15, -0.1) is 0 Å². The number of halogens is 6. The van der Waals surface area contributed by atoms with Crippen LogP contribution >= 0.6 is 0 Å². The van der Waals surface area contributed by atoms with Crippen LogP contribution in [0.3, 0.4) is 0 Å². The molecule has 0 saturated carbocycles. The Labute approximate surface area is 128 Å². The second-order valence-electron chi connectivity index (χ2n) is 4.75. The van der Waals surface area contributed by atoms with E-state index in [0.717, 1.165) is 24.3 Å². The van der Waals surface area contributed by atoms with E-state index >= 15 is 0 Å². The molecule has 0 radical (unpaired) electrons. The molecule has 0 spiro atoms. The predicted molar refractivity (Wildman–Crippen MR) is 71.5 cm³/mol. The van der Waals surface area contributed by atoms with E-state index in [9.17, 15) is 26.3 Å². The van der Waals surface area contributed by atoms with Crippen molar-refractivity contribution in [1.82, 2.24) is 0 Å². The van der Waals surface area contributed by atoms with Crippen molar-refractivity contribution in [3.63, 3.8) is 0 Å². The Balaban J connectivity index is 2.14. The van der Waals surface area contributed by atoms with E-state index < -0.39 is 35.7 Å². The van der Waals surface area contributed by atoms with Crippen LogP contribution in [0, 0.1) is 0 Å². The number of alkyl halides is 6. The molecule has 0 amide bonds. The Kier molecular flexibility index (Phi) is 4.99. The first-order chi connectivity index (χ1) is 10.8. The van der Waals surface area contributed by atoms with Crippen molar-refractivity contribution in [3.8, 4) is 0 Å².